The van der Waals surface area contributed by atoms with Gasteiger partial charge in [0.15, 0.2) is 0 Å². The van der Waals surface area contributed by atoms with E-state index in [0.29, 0.717) is 23.5 Å². The van der Waals surface area contributed by atoms with Crippen LogP contribution in [0.4, 0.5) is 5.69 Å². The van der Waals surface area contributed by atoms with Crippen molar-refractivity contribution >= 4 is 27.5 Å². The summed E-state index contributed by atoms with van der Waals surface area (Å²) >= 11 is 0. The van der Waals surface area contributed by atoms with Crippen molar-refractivity contribution in [2.24, 2.45) is 10.3 Å². The van der Waals surface area contributed by atoms with Gasteiger partial charge in [-0.05, 0) is 35.7 Å². The van der Waals surface area contributed by atoms with Crippen molar-refractivity contribution in [2.75, 3.05) is 5.32 Å². The lowest BCUT2D eigenvalue weighted by molar-refractivity contribution is -0.145. The van der Waals surface area contributed by atoms with Crippen molar-refractivity contribution < 1.29 is 17.9 Å². The Hall–Kier alpha value is -3.18. The number of hydrogen-bond donors (Lipinski definition) is 1. The molecule has 7 nitrogen and oxygen atoms in total. The van der Waals surface area contributed by atoms with Gasteiger partial charge in [-0.1, -0.05) is 31.2 Å². The molecule has 3 rings (SSSR count). The second-order valence-corrected chi connectivity index (χ2v) is 8.19. The number of amidine groups is 1. The van der Waals surface area contributed by atoms with Gasteiger partial charge in [0.25, 0.3) is 10.0 Å². The van der Waals surface area contributed by atoms with E-state index in [4.69, 9.17) is 10.00 Å². The number of anilines is 1. The van der Waals surface area contributed by atoms with Crippen molar-refractivity contribution in [1.29, 1.82) is 5.26 Å². The Bertz CT molecular complexity index is 1070. The predicted octanol–water partition coefficient (Wildman–Crippen LogP) is 3.23. The van der Waals surface area contributed by atoms with Gasteiger partial charge in [0, 0.05) is 12.8 Å². The van der Waals surface area contributed by atoms with Gasteiger partial charge < -0.3 is 10.1 Å². The van der Waals surface area contributed by atoms with Crippen LogP contribution in [0.5, 0.6) is 0 Å². The molecule has 28 heavy (non-hydrogen) atoms. The summed E-state index contributed by atoms with van der Waals surface area (Å²) in [7, 11) is -3.74. The molecule has 1 N–H and O–H groups in total. The fraction of sp³-hybridized carbons (Fsp3) is 0.250. The van der Waals surface area contributed by atoms with Crippen LogP contribution in [0, 0.1) is 17.2 Å². The maximum Gasteiger partial charge on any atom is 0.306 e. The molecule has 8 heteroatoms. The maximum atomic E-state index is 12.3. The Morgan fingerprint density at radius 1 is 1.25 bits per heavy atom. The van der Waals surface area contributed by atoms with E-state index in [1.54, 1.807) is 42.5 Å². The molecule has 0 amide bonds. The molecule has 0 fully saturated rings. The van der Waals surface area contributed by atoms with E-state index >= 15 is 0 Å². The van der Waals surface area contributed by atoms with Crippen LogP contribution in [0.1, 0.15) is 30.9 Å². The standard InChI is InChI=1S/C20H19N3O4S/c1-14(10-20(24)27-13-16-6-4-5-15(11-16)12-21)9-19-22-17-7-2-3-8-18(17)28(25,26)23-19/h2-8,11,14H,9-10,13H2,1H3,(H,22,23)/t14-/m1/s1. The number of nitrogens with zero attached hydrogens (tertiary/aromatic N) is 2. The zero-order valence-electron chi connectivity index (χ0n) is 15.3. The molecular weight excluding hydrogens is 378 g/mol. The Kier molecular flexibility index (Phi) is 5.76. The van der Waals surface area contributed by atoms with Gasteiger partial charge in [0.05, 0.1) is 17.3 Å². The first-order valence-corrected chi connectivity index (χ1v) is 10.2. The maximum absolute atomic E-state index is 12.3. The highest BCUT2D eigenvalue weighted by Crippen LogP contribution is 2.28. The first-order valence-electron chi connectivity index (χ1n) is 8.72. The smallest absolute Gasteiger partial charge is 0.306 e. The SMILES string of the molecule is C[C@@H](CC(=O)OCc1cccc(C#N)c1)CC1=NS(=O)(=O)c2ccccc2N1. The number of hydrogen-bond acceptors (Lipinski definition) is 6. The highest BCUT2D eigenvalue weighted by molar-refractivity contribution is 7.90. The molecule has 0 spiro atoms. The van der Waals surface area contributed by atoms with Crippen LogP contribution in [0.2, 0.25) is 0 Å². The first-order chi connectivity index (χ1) is 13.4. The van der Waals surface area contributed by atoms with Crippen molar-refractivity contribution in [3.8, 4) is 6.07 Å². The summed E-state index contributed by atoms with van der Waals surface area (Å²) in [5.74, 6) is -0.250. The third kappa shape index (κ3) is 4.75. The molecule has 0 saturated carbocycles. The summed E-state index contributed by atoms with van der Waals surface area (Å²) in [5.41, 5.74) is 1.73. The summed E-state index contributed by atoms with van der Waals surface area (Å²) < 4.78 is 33.6. The van der Waals surface area contributed by atoms with E-state index in [1.807, 2.05) is 13.0 Å². The quantitative estimate of drug-likeness (QED) is 0.750. The van der Waals surface area contributed by atoms with Crippen LogP contribution < -0.4 is 5.32 Å². The van der Waals surface area contributed by atoms with Crippen LogP contribution in [0.3, 0.4) is 0 Å². The fourth-order valence-corrected chi connectivity index (χ4v) is 4.05. The minimum absolute atomic E-state index is 0.0853. The Labute approximate surface area is 163 Å². The summed E-state index contributed by atoms with van der Waals surface area (Å²) in [6, 6.07) is 15.5. The number of carbonyl (C=O) groups excluding carboxylic acids is 1. The molecule has 1 atom stereocenters. The van der Waals surface area contributed by atoms with Gasteiger partial charge in [-0.15, -0.1) is 4.40 Å². The van der Waals surface area contributed by atoms with Crippen LogP contribution in [0.15, 0.2) is 57.8 Å². The zero-order valence-corrected chi connectivity index (χ0v) is 16.1. The largest absolute Gasteiger partial charge is 0.461 e. The normalized spacial score (nSPS) is 15.4. The van der Waals surface area contributed by atoms with E-state index in [-0.39, 0.29) is 23.8 Å². The van der Waals surface area contributed by atoms with E-state index in [0.717, 1.165) is 5.56 Å². The van der Waals surface area contributed by atoms with Crippen molar-refractivity contribution in [1.82, 2.24) is 0 Å². The van der Waals surface area contributed by atoms with E-state index in [1.165, 1.54) is 6.07 Å². The Balaban J connectivity index is 1.55. The first kappa shape index (κ1) is 19.6. The monoisotopic (exact) mass is 397 g/mol. The van der Waals surface area contributed by atoms with E-state index in [2.05, 4.69) is 9.71 Å². The van der Waals surface area contributed by atoms with Crippen LogP contribution >= 0.6 is 0 Å². The number of rotatable bonds is 6. The fourth-order valence-electron chi connectivity index (χ4n) is 2.90. The van der Waals surface area contributed by atoms with Crippen LogP contribution in [0.25, 0.3) is 0 Å². The summed E-state index contributed by atoms with van der Waals surface area (Å²) in [6.07, 6.45) is 0.424. The molecule has 1 aliphatic heterocycles. The molecule has 0 bridgehead atoms. The number of fused-ring (bicyclic) bond motifs is 1. The van der Waals surface area contributed by atoms with E-state index < -0.39 is 16.0 Å². The predicted molar refractivity (Wildman–Crippen MR) is 104 cm³/mol. The molecule has 1 aliphatic rings. The van der Waals surface area contributed by atoms with Gasteiger partial charge >= 0.3 is 5.97 Å². The number of benzene rings is 2. The molecule has 144 valence electrons. The molecule has 1 heterocycles. The Morgan fingerprint density at radius 2 is 2.04 bits per heavy atom. The van der Waals surface area contributed by atoms with Gasteiger partial charge in [-0.25, -0.2) is 0 Å². The second-order valence-electron chi connectivity index (χ2n) is 6.62. The lowest BCUT2D eigenvalue weighted by atomic mass is 10.0. The highest BCUT2D eigenvalue weighted by Gasteiger charge is 2.25. The summed E-state index contributed by atoms with van der Waals surface area (Å²) in [6.45, 7) is 1.91. The van der Waals surface area contributed by atoms with Crippen LogP contribution in [-0.4, -0.2) is 20.2 Å². The molecule has 0 saturated heterocycles. The number of ether oxygens (including phenoxy) is 1. The number of nitriles is 1. The number of nitrogens with one attached hydrogen (secondary N) is 1. The minimum atomic E-state index is -3.74. The topological polar surface area (TPSA) is 109 Å². The number of sulfonamides is 1. The summed E-state index contributed by atoms with van der Waals surface area (Å²) in [4.78, 5) is 12.2. The van der Waals surface area contributed by atoms with Crippen molar-refractivity contribution in [3.63, 3.8) is 0 Å². The van der Waals surface area contributed by atoms with Crippen molar-refractivity contribution in [3.05, 3.63) is 59.7 Å². The lowest BCUT2D eigenvalue weighted by Crippen LogP contribution is -2.24. The molecule has 2 aromatic rings. The average Bonchev–Trinajstić information content (AvgIpc) is 2.66. The summed E-state index contributed by atoms with van der Waals surface area (Å²) in [5, 5.41) is 11.9. The van der Waals surface area contributed by atoms with Crippen molar-refractivity contribution in [2.45, 2.75) is 31.3 Å². The van der Waals surface area contributed by atoms with Gasteiger partial charge in [-0.3, -0.25) is 4.79 Å². The lowest BCUT2D eigenvalue weighted by Gasteiger charge is -2.20. The van der Waals surface area contributed by atoms with Gasteiger partial charge in [0.2, 0.25) is 0 Å². The molecule has 0 aromatic heterocycles. The zero-order chi connectivity index (χ0) is 20.1. The second kappa shape index (κ2) is 8.23. The molecular formula is C20H19N3O4S. The average molecular weight is 397 g/mol. The molecule has 2 aromatic carbocycles. The molecule has 0 radical (unpaired) electrons. The molecule has 0 aliphatic carbocycles. The molecule has 0 unspecified atom stereocenters. The van der Waals surface area contributed by atoms with Gasteiger partial charge in [0.1, 0.15) is 17.3 Å². The third-order valence-electron chi connectivity index (χ3n) is 4.19. The number of carbonyl (C=O) groups is 1. The van der Waals surface area contributed by atoms with Crippen LogP contribution in [-0.2, 0) is 26.2 Å². The highest BCUT2D eigenvalue weighted by atomic mass is 32.2. The van der Waals surface area contributed by atoms with E-state index in [9.17, 15) is 13.2 Å². The Morgan fingerprint density at radius 3 is 2.82 bits per heavy atom. The third-order valence-corrected chi connectivity index (χ3v) is 5.56. The number of esters is 1. The minimum Gasteiger partial charge on any atom is -0.461 e. The van der Waals surface area contributed by atoms with Gasteiger partial charge in [-0.2, -0.15) is 13.7 Å². The number of para-hydroxylation sites is 1.